The van der Waals surface area contributed by atoms with Gasteiger partial charge in [-0.15, -0.1) is 0 Å². The van der Waals surface area contributed by atoms with E-state index in [1.165, 1.54) is 0 Å². The van der Waals surface area contributed by atoms with Gasteiger partial charge in [-0.3, -0.25) is 4.90 Å². The number of nitrogens with zero attached hydrogens (tertiary/aromatic N) is 1. The number of rotatable bonds is 7. The van der Waals surface area contributed by atoms with Crippen molar-refractivity contribution in [2.75, 3.05) is 6.61 Å². The van der Waals surface area contributed by atoms with Gasteiger partial charge in [0.25, 0.3) is 0 Å². The van der Waals surface area contributed by atoms with Crippen LogP contribution in [0.25, 0.3) is 0 Å². The Morgan fingerprint density at radius 3 is 2.45 bits per heavy atom. The van der Waals surface area contributed by atoms with Gasteiger partial charge in [0.1, 0.15) is 18.2 Å². The molecule has 2 aromatic carbocycles. The molecule has 0 radical (unpaired) electrons. The van der Waals surface area contributed by atoms with Crippen LogP contribution >= 0.6 is 15.9 Å². The lowest BCUT2D eigenvalue weighted by molar-refractivity contribution is -0.151. The van der Waals surface area contributed by atoms with E-state index in [1.54, 1.807) is 4.90 Å². The summed E-state index contributed by atoms with van der Waals surface area (Å²) >= 11 is 3.48. The fraction of sp³-hybridized carbons (Fsp3) is 0.462. The second kappa shape index (κ2) is 9.47. The van der Waals surface area contributed by atoms with E-state index < -0.39 is 23.7 Å². The fourth-order valence-corrected chi connectivity index (χ4v) is 4.89. The van der Waals surface area contributed by atoms with Gasteiger partial charge in [-0.25, -0.2) is 9.59 Å². The molecule has 2 fully saturated rings. The van der Waals surface area contributed by atoms with Crippen molar-refractivity contribution < 1.29 is 23.8 Å². The Balaban J connectivity index is 1.42. The monoisotopic (exact) mass is 515 g/mol. The van der Waals surface area contributed by atoms with Crippen LogP contribution in [-0.2, 0) is 32.2 Å². The van der Waals surface area contributed by atoms with Crippen molar-refractivity contribution in [1.29, 1.82) is 0 Å². The second-order valence-corrected chi connectivity index (χ2v) is 10.8. The molecule has 1 saturated carbocycles. The molecule has 0 bridgehead atoms. The standard InChI is InChI=1S/C26H30BrNO5/c1-25(2,3)33-24(30)28-21(23(29)32-16-18-8-5-4-6-9-18)13-26(14-22(26)28)17-31-15-19-10-7-11-20(27)12-19/h4-12,21-22H,13-17H2,1-3H3/t21-,22+,26-/m0/s1. The molecule has 2 aliphatic rings. The maximum Gasteiger partial charge on any atom is 0.411 e. The Morgan fingerprint density at radius 2 is 1.76 bits per heavy atom. The summed E-state index contributed by atoms with van der Waals surface area (Å²) in [6, 6.07) is 16.8. The van der Waals surface area contributed by atoms with Gasteiger partial charge in [0.05, 0.1) is 13.2 Å². The molecule has 6 nitrogen and oxygen atoms in total. The Bertz CT molecular complexity index is 1010. The van der Waals surface area contributed by atoms with Crippen LogP contribution in [0.4, 0.5) is 4.79 Å². The van der Waals surface area contributed by atoms with Crippen LogP contribution in [0.15, 0.2) is 59.1 Å². The highest BCUT2D eigenvalue weighted by Gasteiger charge is 2.68. The van der Waals surface area contributed by atoms with E-state index in [0.717, 1.165) is 22.0 Å². The summed E-state index contributed by atoms with van der Waals surface area (Å²) in [5.74, 6) is -0.400. The maximum absolute atomic E-state index is 13.0. The molecule has 1 heterocycles. The minimum absolute atomic E-state index is 0.0795. The SMILES string of the molecule is CC(C)(C)OC(=O)N1[C@H](C(=O)OCc2ccccc2)C[C@@]2(COCc3cccc(Br)c3)C[C@@H]12. The van der Waals surface area contributed by atoms with Crippen LogP contribution in [0.1, 0.15) is 44.7 Å². The van der Waals surface area contributed by atoms with E-state index >= 15 is 0 Å². The molecule has 3 atom stereocenters. The molecule has 1 amide bonds. The first-order valence-corrected chi connectivity index (χ1v) is 12.0. The second-order valence-electron chi connectivity index (χ2n) is 9.91. The Labute approximate surface area is 203 Å². The highest BCUT2D eigenvalue weighted by molar-refractivity contribution is 9.10. The smallest absolute Gasteiger partial charge is 0.411 e. The summed E-state index contributed by atoms with van der Waals surface area (Å²) in [7, 11) is 0. The highest BCUT2D eigenvalue weighted by atomic mass is 79.9. The van der Waals surface area contributed by atoms with Crippen LogP contribution < -0.4 is 0 Å². The Kier molecular flexibility index (Phi) is 6.82. The van der Waals surface area contributed by atoms with E-state index in [0.29, 0.717) is 19.6 Å². The van der Waals surface area contributed by atoms with Gasteiger partial charge in [0, 0.05) is 15.9 Å². The zero-order chi connectivity index (χ0) is 23.6. The number of esters is 1. The zero-order valence-electron chi connectivity index (χ0n) is 19.3. The van der Waals surface area contributed by atoms with Crippen molar-refractivity contribution in [3.8, 4) is 0 Å². The third-order valence-electron chi connectivity index (χ3n) is 6.07. The average molecular weight is 516 g/mol. The van der Waals surface area contributed by atoms with Crippen molar-refractivity contribution in [2.24, 2.45) is 5.41 Å². The van der Waals surface area contributed by atoms with Gasteiger partial charge in [-0.1, -0.05) is 58.4 Å². The molecule has 2 aromatic rings. The molecule has 33 heavy (non-hydrogen) atoms. The molecule has 1 aliphatic carbocycles. The molecule has 0 unspecified atom stereocenters. The third-order valence-corrected chi connectivity index (χ3v) is 6.56. The highest BCUT2D eigenvalue weighted by Crippen LogP contribution is 2.60. The summed E-state index contributed by atoms with van der Waals surface area (Å²) in [6.07, 6.45) is 0.844. The largest absolute Gasteiger partial charge is 0.459 e. The minimum Gasteiger partial charge on any atom is -0.459 e. The number of fused-ring (bicyclic) bond motifs is 1. The van der Waals surface area contributed by atoms with Gasteiger partial charge in [-0.05, 0) is 56.9 Å². The lowest BCUT2D eigenvalue weighted by atomic mass is 10.0. The molecule has 1 saturated heterocycles. The first-order valence-electron chi connectivity index (χ1n) is 11.2. The van der Waals surface area contributed by atoms with Crippen molar-refractivity contribution in [1.82, 2.24) is 4.90 Å². The number of halogens is 1. The predicted octanol–water partition coefficient (Wildman–Crippen LogP) is 5.48. The van der Waals surface area contributed by atoms with Crippen LogP contribution in [0, 0.1) is 5.41 Å². The maximum atomic E-state index is 13.0. The number of hydrogen-bond acceptors (Lipinski definition) is 5. The summed E-state index contributed by atoms with van der Waals surface area (Å²) in [5, 5.41) is 0. The number of piperidine rings is 1. The topological polar surface area (TPSA) is 65.1 Å². The van der Waals surface area contributed by atoms with Crippen LogP contribution in [0.5, 0.6) is 0 Å². The van der Waals surface area contributed by atoms with E-state index in [2.05, 4.69) is 15.9 Å². The number of carbonyl (C=O) groups excluding carboxylic acids is 2. The van der Waals surface area contributed by atoms with Gasteiger partial charge < -0.3 is 14.2 Å². The average Bonchev–Trinajstić information content (AvgIpc) is 3.34. The van der Waals surface area contributed by atoms with Crippen molar-refractivity contribution >= 4 is 28.0 Å². The van der Waals surface area contributed by atoms with E-state index in [4.69, 9.17) is 14.2 Å². The molecule has 1 aliphatic heterocycles. The molecule has 4 rings (SSSR count). The van der Waals surface area contributed by atoms with Gasteiger partial charge in [0.2, 0.25) is 0 Å². The van der Waals surface area contributed by atoms with Crippen molar-refractivity contribution in [3.63, 3.8) is 0 Å². The molecule has 7 heteroatoms. The molecular formula is C26H30BrNO5. The van der Waals surface area contributed by atoms with Crippen LogP contribution in [0.2, 0.25) is 0 Å². The number of amides is 1. The van der Waals surface area contributed by atoms with Crippen LogP contribution in [-0.4, -0.2) is 41.3 Å². The number of carbonyl (C=O) groups is 2. The van der Waals surface area contributed by atoms with Crippen molar-refractivity contribution in [2.45, 2.75) is 64.5 Å². The van der Waals surface area contributed by atoms with E-state index in [9.17, 15) is 9.59 Å². The first kappa shape index (κ1) is 23.8. The summed E-state index contributed by atoms with van der Waals surface area (Å²) in [5.41, 5.74) is 1.09. The van der Waals surface area contributed by atoms with Gasteiger partial charge >= 0.3 is 12.1 Å². The molecule has 176 valence electrons. The Hall–Kier alpha value is -2.38. The number of hydrogen-bond donors (Lipinski definition) is 0. The quantitative estimate of drug-likeness (QED) is 0.457. The first-order chi connectivity index (χ1) is 15.7. The molecule has 0 spiro atoms. The number of likely N-dealkylation sites (tertiary alicyclic amines) is 1. The minimum atomic E-state index is -0.670. The lowest BCUT2D eigenvalue weighted by Gasteiger charge is -2.29. The summed E-state index contributed by atoms with van der Waals surface area (Å²) in [4.78, 5) is 27.6. The molecule has 0 N–H and O–H groups in total. The van der Waals surface area contributed by atoms with E-state index in [1.807, 2.05) is 75.4 Å². The number of ether oxygens (including phenoxy) is 3. The van der Waals surface area contributed by atoms with E-state index in [-0.39, 0.29) is 18.1 Å². The lowest BCUT2D eigenvalue weighted by Crippen LogP contribution is -2.46. The summed E-state index contributed by atoms with van der Waals surface area (Å²) < 4.78 is 18.3. The van der Waals surface area contributed by atoms with Crippen molar-refractivity contribution in [3.05, 3.63) is 70.2 Å². The summed E-state index contributed by atoms with van der Waals surface area (Å²) in [6.45, 7) is 6.60. The molecule has 0 aromatic heterocycles. The van der Waals surface area contributed by atoms with Gasteiger partial charge in [-0.2, -0.15) is 0 Å². The zero-order valence-corrected chi connectivity index (χ0v) is 20.8. The molecular weight excluding hydrogens is 486 g/mol. The van der Waals surface area contributed by atoms with Gasteiger partial charge in [0.15, 0.2) is 0 Å². The normalized spacial score (nSPS) is 23.7. The fourth-order valence-electron chi connectivity index (χ4n) is 4.44. The Morgan fingerprint density at radius 1 is 1.03 bits per heavy atom. The predicted molar refractivity (Wildman–Crippen MR) is 127 cm³/mol. The van der Waals surface area contributed by atoms with Crippen LogP contribution in [0.3, 0.4) is 0 Å². The number of benzene rings is 2. The third kappa shape index (κ3) is 5.76.